The van der Waals surface area contributed by atoms with Crippen molar-refractivity contribution in [3.63, 3.8) is 0 Å². The van der Waals surface area contributed by atoms with Crippen molar-refractivity contribution >= 4 is 95.7 Å². The third kappa shape index (κ3) is 36.5. The molecule has 37 heteroatoms. The van der Waals surface area contributed by atoms with Crippen LogP contribution in [0.1, 0.15) is 138 Å². The minimum absolute atomic E-state index is 0. The molecule has 0 amide bonds. The van der Waals surface area contributed by atoms with Crippen LogP contribution in [-0.4, -0.2) is 295 Å². The molecule has 13 atom stereocenters. The molecule has 120 heavy (non-hydrogen) atoms. The quantitative estimate of drug-likeness (QED) is 0.00962. The Bertz CT molecular complexity index is 3500. The van der Waals surface area contributed by atoms with Gasteiger partial charge in [-0.2, -0.15) is 0 Å². The zero-order valence-corrected chi connectivity index (χ0v) is 72.1. The molecule has 30 nitrogen and oxygen atoms in total. The number of nitrogens with zero attached hydrogens (tertiary/aromatic N) is 7. The van der Waals surface area contributed by atoms with Crippen molar-refractivity contribution in [3.05, 3.63) is 155 Å². The molecule has 0 radical (unpaired) electrons. The van der Waals surface area contributed by atoms with Gasteiger partial charge in [-0.15, -0.1) is 0 Å². The summed E-state index contributed by atoms with van der Waals surface area (Å²) < 4.78 is 31.7. The van der Waals surface area contributed by atoms with Gasteiger partial charge in [0, 0.05) is 114 Å². The number of hydrogen-bond acceptors (Lipinski definition) is 30. The largest absolute Gasteiger partial charge is 0.466 e. The average molecular weight is 1700 g/mol. The molecule has 0 spiro atoms. The van der Waals surface area contributed by atoms with Crippen molar-refractivity contribution in [1.29, 1.82) is 0 Å². The van der Waals surface area contributed by atoms with E-state index >= 15 is 0 Å². The zero-order chi connectivity index (χ0) is 87.2. The number of ketones is 1. The highest BCUT2D eigenvalue weighted by molar-refractivity contribution is 6.47. The molecule has 6 aliphatic rings. The molecule has 0 aliphatic carbocycles. The number of nitrogens with two attached hydrogens (primary N) is 1. The molecule has 668 valence electrons. The van der Waals surface area contributed by atoms with Crippen molar-refractivity contribution in [2.45, 2.75) is 181 Å². The van der Waals surface area contributed by atoms with E-state index < -0.39 is 66.2 Å². The van der Waals surface area contributed by atoms with E-state index in [-0.39, 0.29) is 138 Å². The Morgan fingerprint density at radius 2 is 0.758 bits per heavy atom. The van der Waals surface area contributed by atoms with Gasteiger partial charge >= 0.3 is 78.1 Å². The van der Waals surface area contributed by atoms with E-state index in [1.807, 2.05) is 139 Å². The van der Waals surface area contributed by atoms with Crippen molar-refractivity contribution < 1.29 is 97.2 Å². The summed E-state index contributed by atoms with van der Waals surface area (Å²) in [5.74, 6) is -4.07. The second-order valence-corrected chi connectivity index (χ2v) is 30.1. The van der Waals surface area contributed by atoms with E-state index in [0.29, 0.717) is 104 Å². The number of esters is 6. The van der Waals surface area contributed by atoms with E-state index in [2.05, 4.69) is 48.7 Å². The van der Waals surface area contributed by atoms with Gasteiger partial charge in [-0.3, -0.25) is 28.8 Å². The van der Waals surface area contributed by atoms with Crippen LogP contribution < -0.4 is 16.4 Å². The number of ether oxygens (including phenoxy) is 6. The van der Waals surface area contributed by atoms with Crippen LogP contribution in [0.3, 0.4) is 0 Å². The van der Waals surface area contributed by atoms with Gasteiger partial charge in [0.05, 0.1) is 82.0 Å². The van der Waals surface area contributed by atoms with Crippen LogP contribution in [0.4, 0.5) is 0 Å². The minimum Gasteiger partial charge on any atom is -0.466 e. The predicted octanol–water partition coefficient (Wildman–Crippen LogP) is 6.43. The van der Waals surface area contributed by atoms with Gasteiger partial charge in [-0.1, -0.05) is 150 Å². The first-order valence-electron chi connectivity index (χ1n) is 40.9. The molecule has 5 saturated heterocycles. The third-order valence-electron chi connectivity index (χ3n) is 20.9. The highest BCUT2D eigenvalue weighted by atomic mass is 35.5. The number of carbonyl (C=O) groups is 7. The van der Waals surface area contributed by atoms with Gasteiger partial charge in [-0.25, -0.2) is 9.21 Å². The zero-order valence-electron chi connectivity index (χ0n) is 71.3. The number of β-amino-alcohol motifs (C(OH)–C–C–N with tert-alkyl or cyclic N) is 1. The monoisotopic (exact) mass is 1700 g/mol. The molecule has 6 aliphatic heterocycles. The fraction of sp³-hybridized carbons (Fsp3) is 0.602. The molecule has 6 heterocycles. The van der Waals surface area contributed by atoms with E-state index in [1.54, 1.807) is 93.6 Å². The number of benzene rings is 4. The van der Waals surface area contributed by atoms with Crippen LogP contribution in [0, 0.1) is 29.6 Å². The van der Waals surface area contributed by atoms with Crippen molar-refractivity contribution in [1.82, 2.24) is 43.9 Å². The van der Waals surface area contributed by atoms with E-state index in [1.165, 1.54) is 16.7 Å². The first kappa shape index (κ1) is 111. The number of rotatable bonds is 28. The lowest BCUT2D eigenvalue weighted by Crippen LogP contribution is -2.42. The van der Waals surface area contributed by atoms with Crippen LogP contribution in [0.25, 0.3) is 0 Å². The summed E-state index contributed by atoms with van der Waals surface area (Å²) in [6.07, 6.45) is 1.06. The predicted molar refractivity (Wildman–Crippen MR) is 478 cm³/mol. The molecular weight excluding hydrogens is 1560 g/mol. The molecule has 3 unspecified atom stereocenters. The number of Topliss-reactive ketones (excluding diaryl/α,β-unsaturated/α-hetero) is 1. The molecule has 0 aromatic heterocycles. The van der Waals surface area contributed by atoms with Gasteiger partial charge in [0.1, 0.15) is 5.92 Å². The maximum atomic E-state index is 12.3. The number of hydrogen-bond donors (Lipinski definition) is 10. The number of nitrogens with one attached hydrogen (secondary N) is 2. The fourth-order valence-electron chi connectivity index (χ4n) is 14.0. The summed E-state index contributed by atoms with van der Waals surface area (Å²) in [5.41, 5.74) is 10.9. The summed E-state index contributed by atoms with van der Waals surface area (Å²) in [4.78, 5) is 92.4. The number of carbonyl (C=O) groups excluding carboxylic acids is 7. The molecule has 0 bridgehead atoms. The second kappa shape index (κ2) is 58.3. The summed E-state index contributed by atoms with van der Waals surface area (Å²) in [6.45, 7) is 36.4. The Kier molecular flexibility index (Phi) is 54.0. The van der Waals surface area contributed by atoms with E-state index in [9.17, 15) is 68.8 Å². The fourth-order valence-corrected chi connectivity index (χ4v) is 14.3. The first-order valence-corrected chi connectivity index (χ1v) is 41.3. The average Bonchev–Trinajstić information content (AvgIpc) is 1.66. The summed E-state index contributed by atoms with van der Waals surface area (Å²) in [6, 6.07) is 40.4. The Hall–Kier alpha value is -6.89. The van der Waals surface area contributed by atoms with Gasteiger partial charge in [0.2, 0.25) is 0 Å². The molecule has 5 fully saturated rings. The van der Waals surface area contributed by atoms with Gasteiger partial charge < -0.3 is 109 Å². The van der Waals surface area contributed by atoms with Crippen LogP contribution in [0.5, 0.6) is 0 Å². The lowest BCUT2D eigenvalue weighted by molar-refractivity contribution is -0.151. The summed E-state index contributed by atoms with van der Waals surface area (Å²) in [5, 5.41) is 73.7. The molecule has 10 rings (SSSR count). The minimum atomic E-state index is -0.733. The van der Waals surface area contributed by atoms with Crippen LogP contribution >= 0.6 is 11.8 Å². The van der Waals surface area contributed by atoms with Crippen molar-refractivity contribution in [2.75, 3.05) is 118 Å². The van der Waals surface area contributed by atoms with Crippen molar-refractivity contribution in [3.8, 4) is 0 Å². The van der Waals surface area contributed by atoms with E-state index in [0.717, 1.165) is 5.56 Å². The normalized spacial score (nSPS) is 21.6. The lowest BCUT2D eigenvalue weighted by Gasteiger charge is -2.30. The number of halogens is 1. The van der Waals surface area contributed by atoms with Crippen molar-refractivity contribution in [2.24, 2.45) is 35.3 Å². The second-order valence-electron chi connectivity index (χ2n) is 29.7. The Morgan fingerprint density at radius 3 is 1.10 bits per heavy atom. The number of aliphatic hydroxyl groups is 1. The molecule has 4 aromatic rings. The maximum absolute atomic E-state index is 12.3. The topological polar surface area (TPSA) is 389 Å². The maximum Gasteiger partial charge on any atom is 0.376 e. The SMILES string of the molecule is C.C.C.CCOC(=O)C1=CCN(B(C)O)C1.CCOC(=O)C1CN(B(C)O)CC1=O.CCOC(=O)C1CN(B(C)O)CC1O.CCOC(=O)[C@@H]1CN(B(C)O)C[C@H]1N(Cl)[C@@H](C)c1ccccc1.CCOC(=O)[C@@H]1CN(B(C)O)C[C@H]1N[C@@H](C)c1ccccc1.CCOC(=O)[C@H]1CN(B(C)O)C[C@H]1N[C@@H](C)c1ccccc1.C[C@@H](N)c1ccccc1. The van der Waals surface area contributed by atoms with Crippen LogP contribution in [0.15, 0.2) is 133 Å². The van der Waals surface area contributed by atoms with Gasteiger partial charge in [0.15, 0.2) is 5.78 Å². The number of aliphatic hydroxyl groups excluding tert-OH is 1. The van der Waals surface area contributed by atoms with Crippen LogP contribution in [0.2, 0.25) is 40.9 Å². The Morgan fingerprint density at radius 1 is 0.433 bits per heavy atom. The molecular formula is C83H141B6ClN10O20. The first-order chi connectivity index (χ1) is 55.6. The molecule has 0 saturated carbocycles. The Balaban J connectivity index is 0.000000710. The third-order valence-corrected chi connectivity index (χ3v) is 21.4. The van der Waals surface area contributed by atoms with E-state index in [4.69, 9.17) is 45.9 Å². The highest BCUT2D eigenvalue weighted by Gasteiger charge is 2.47. The van der Waals surface area contributed by atoms with Gasteiger partial charge in [0.25, 0.3) is 0 Å². The highest BCUT2D eigenvalue weighted by Crippen LogP contribution is 2.33. The smallest absolute Gasteiger partial charge is 0.376 e. The Labute approximate surface area is 722 Å². The lowest BCUT2D eigenvalue weighted by atomic mass is 9.85. The summed E-state index contributed by atoms with van der Waals surface area (Å²) in [7, 11) is -3.58. The molecule has 11 N–H and O–H groups in total. The van der Waals surface area contributed by atoms with Gasteiger partial charge in [-0.05, 0) is 144 Å². The standard InChI is InChI=1S/C16H24BClN2O3.2C16H25BN2O3.C8H16BNO4.C8H14BNO4.C8H14BNO3.C8H11N.3CH4/c1-4-23-16(21)14-10-19(17(3)22)11-15(14)20(18)12(2)13-8-6-5-7-9-13;2*1-4-22-16(20)14-10-19(17(3)21)11-15(14)18-12(2)13-8-6-5-7-9-13;2*1-3-14-8(12)6-4-10(9(2)13)5-7(6)11;1-3-13-8(11)7-4-5-10(6-7)9(2)12;1-7(9)8-5-3-2-4-6-8;;;/h5-9,12,14-15,22H,4,10-11H2,1-3H3;2*5-9,12,14-15,18,21H,4,10-11H2,1-3H3;6-7,11,13H,3-5H2,1-2H3;6,13H,3-5H2,1-2H3;4,12H,3,5-6H2,1-2H3;2-7H,9H2,1H3;3*1H4/t2*12-,14+,15+;12-,14-,15+;;;;7-;;;/m000...1.../s1. The molecule has 4 aromatic carbocycles. The summed E-state index contributed by atoms with van der Waals surface area (Å²) >= 11 is 6.60. The van der Waals surface area contributed by atoms with Crippen LogP contribution in [-0.2, 0) is 62.0 Å².